The molecule has 1 atom stereocenters. The zero-order valence-electron chi connectivity index (χ0n) is 12.7. The van der Waals surface area contributed by atoms with Crippen molar-refractivity contribution in [1.82, 2.24) is 5.32 Å². The van der Waals surface area contributed by atoms with Crippen molar-refractivity contribution < 1.29 is 14.3 Å². The molecule has 1 saturated heterocycles. The molecule has 1 amide bonds. The van der Waals surface area contributed by atoms with Crippen LogP contribution in [0.5, 0.6) is 0 Å². The van der Waals surface area contributed by atoms with Crippen molar-refractivity contribution in [3.05, 3.63) is 16.0 Å². The summed E-state index contributed by atoms with van der Waals surface area (Å²) in [5, 5.41) is 6.68. The Morgan fingerprint density at radius 1 is 1.43 bits per heavy atom. The molecule has 21 heavy (non-hydrogen) atoms. The van der Waals surface area contributed by atoms with E-state index in [4.69, 9.17) is 4.74 Å². The van der Waals surface area contributed by atoms with Crippen LogP contribution in [0.2, 0.25) is 0 Å². The number of carbonyl (C=O) groups is 2. The van der Waals surface area contributed by atoms with Gasteiger partial charge < -0.3 is 15.4 Å². The van der Waals surface area contributed by atoms with E-state index in [2.05, 4.69) is 10.6 Å². The summed E-state index contributed by atoms with van der Waals surface area (Å²) in [7, 11) is 0. The van der Waals surface area contributed by atoms with Crippen molar-refractivity contribution in [3.8, 4) is 0 Å². The van der Waals surface area contributed by atoms with Crippen molar-refractivity contribution in [3.63, 3.8) is 0 Å². The maximum atomic E-state index is 12.2. The van der Waals surface area contributed by atoms with Crippen LogP contribution >= 0.6 is 11.3 Å². The minimum absolute atomic E-state index is 0.0676. The van der Waals surface area contributed by atoms with Crippen LogP contribution in [0.4, 0.5) is 5.00 Å². The van der Waals surface area contributed by atoms with Crippen LogP contribution < -0.4 is 10.6 Å². The summed E-state index contributed by atoms with van der Waals surface area (Å²) < 4.78 is 5.13. The standard InChI is InChI=1S/C15H22N2O3S/c1-4-10-9(3)21-14(12(10)15(19)20-5-2)17-13(18)11-7-6-8-16-11/h11,16H,4-8H2,1-3H3,(H,17,18). The van der Waals surface area contributed by atoms with Crippen LogP contribution in [0.1, 0.15) is 47.5 Å². The van der Waals surface area contributed by atoms with E-state index in [0.717, 1.165) is 36.2 Å². The molecule has 2 heterocycles. The van der Waals surface area contributed by atoms with Gasteiger partial charge in [0.2, 0.25) is 5.91 Å². The molecule has 1 aromatic heterocycles. The van der Waals surface area contributed by atoms with E-state index in [0.29, 0.717) is 17.2 Å². The Bertz CT molecular complexity index is 533. The molecule has 1 fully saturated rings. The van der Waals surface area contributed by atoms with Gasteiger partial charge in [0.1, 0.15) is 5.00 Å². The number of carbonyl (C=O) groups excluding carboxylic acids is 2. The maximum absolute atomic E-state index is 12.2. The quantitative estimate of drug-likeness (QED) is 0.820. The lowest BCUT2D eigenvalue weighted by atomic mass is 10.1. The summed E-state index contributed by atoms with van der Waals surface area (Å²) in [6, 6.07) is -0.160. The van der Waals surface area contributed by atoms with Crippen LogP contribution in [-0.2, 0) is 16.0 Å². The van der Waals surface area contributed by atoms with Crippen LogP contribution in [0.25, 0.3) is 0 Å². The molecule has 0 radical (unpaired) electrons. The molecule has 5 nitrogen and oxygen atoms in total. The third kappa shape index (κ3) is 3.44. The summed E-state index contributed by atoms with van der Waals surface area (Å²) in [5.74, 6) is -0.421. The number of ether oxygens (including phenoxy) is 1. The van der Waals surface area contributed by atoms with Gasteiger partial charge >= 0.3 is 5.97 Å². The van der Waals surface area contributed by atoms with Crippen LogP contribution in [0.15, 0.2) is 0 Å². The van der Waals surface area contributed by atoms with E-state index >= 15 is 0 Å². The van der Waals surface area contributed by atoms with Gasteiger partial charge in [-0.2, -0.15) is 0 Å². The Hall–Kier alpha value is -1.40. The number of rotatable bonds is 5. The van der Waals surface area contributed by atoms with Gasteiger partial charge in [-0.05, 0) is 45.2 Å². The monoisotopic (exact) mass is 310 g/mol. The first-order valence-corrected chi connectivity index (χ1v) is 8.23. The molecular formula is C15H22N2O3S. The molecule has 2 N–H and O–H groups in total. The molecule has 1 aliphatic heterocycles. The second kappa shape index (κ2) is 7.04. The van der Waals surface area contributed by atoms with Crippen molar-refractivity contribution in [1.29, 1.82) is 0 Å². The first-order chi connectivity index (χ1) is 10.1. The zero-order chi connectivity index (χ0) is 15.4. The number of anilines is 1. The Morgan fingerprint density at radius 3 is 2.76 bits per heavy atom. The number of thiophene rings is 1. The molecule has 0 aromatic carbocycles. The smallest absolute Gasteiger partial charge is 0.341 e. The van der Waals surface area contributed by atoms with E-state index in [1.165, 1.54) is 11.3 Å². The van der Waals surface area contributed by atoms with Gasteiger partial charge in [-0.3, -0.25) is 4.79 Å². The van der Waals surface area contributed by atoms with Crippen LogP contribution in [0, 0.1) is 6.92 Å². The predicted molar refractivity (Wildman–Crippen MR) is 84.0 cm³/mol. The SMILES string of the molecule is CCOC(=O)c1c(NC(=O)C2CCCN2)sc(C)c1CC. The maximum Gasteiger partial charge on any atom is 0.341 e. The number of amides is 1. The minimum Gasteiger partial charge on any atom is -0.462 e. The van der Waals surface area contributed by atoms with Crippen molar-refractivity contribution in [2.24, 2.45) is 0 Å². The number of aryl methyl sites for hydroxylation is 1. The molecule has 0 bridgehead atoms. The number of esters is 1. The molecule has 0 spiro atoms. The molecule has 0 aliphatic carbocycles. The summed E-state index contributed by atoms with van der Waals surface area (Å²) >= 11 is 1.45. The van der Waals surface area contributed by atoms with E-state index in [-0.39, 0.29) is 17.9 Å². The molecule has 1 aromatic rings. The van der Waals surface area contributed by atoms with E-state index in [9.17, 15) is 9.59 Å². The summed E-state index contributed by atoms with van der Waals surface area (Å²) in [6.45, 7) is 6.95. The number of hydrogen-bond donors (Lipinski definition) is 2. The molecule has 1 unspecified atom stereocenters. The fraction of sp³-hybridized carbons (Fsp3) is 0.600. The van der Waals surface area contributed by atoms with Crippen molar-refractivity contribution in [2.45, 2.75) is 46.1 Å². The lowest BCUT2D eigenvalue weighted by Gasteiger charge is -2.11. The highest BCUT2D eigenvalue weighted by molar-refractivity contribution is 7.16. The highest BCUT2D eigenvalue weighted by Gasteiger charge is 2.27. The van der Waals surface area contributed by atoms with Crippen LogP contribution in [-0.4, -0.2) is 31.1 Å². The molecule has 116 valence electrons. The number of hydrogen-bond acceptors (Lipinski definition) is 5. The van der Waals surface area contributed by atoms with Gasteiger partial charge in [0.05, 0.1) is 18.2 Å². The normalized spacial score (nSPS) is 17.8. The average molecular weight is 310 g/mol. The number of nitrogens with one attached hydrogen (secondary N) is 2. The third-order valence-corrected chi connectivity index (χ3v) is 4.72. The van der Waals surface area contributed by atoms with Gasteiger partial charge in [0.25, 0.3) is 0 Å². The van der Waals surface area contributed by atoms with E-state index < -0.39 is 0 Å². The summed E-state index contributed by atoms with van der Waals surface area (Å²) in [5.41, 5.74) is 1.49. The Balaban J connectivity index is 2.25. The second-order valence-electron chi connectivity index (χ2n) is 5.05. The molecule has 0 saturated carbocycles. The van der Waals surface area contributed by atoms with E-state index in [1.54, 1.807) is 6.92 Å². The topological polar surface area (TPSA) is 67.4 Å². The molecule has 2 rings (SSSR count). The Kier molecular flexibility index (Phi) is 5.36. The Morgan fingerprint density at radius 2 is 2.19 bits per heavy atom. The largest absolute Gasteiger partial charge is 0.462 e. The first-order valence-electron chi connectivity index (χ1n) is 7.42. The van der Waals surface area contributed by atoms with Gasteiger partial charge in [-0.25, -0.2) is 4.79 Å². The summed E-state index contributed by atoms with van der Waals surface area (Å²) in [6.07, 6.45) is 2.59. The zero-order valence-corrected chi connectivity index (χ0v) is 13.6. The first kappa shape index (κ1) is 16.0. The van der Waals surface area contributed by atoms with Gasteiger partial charge in [-0.1, -0.05) is 6.92 Å². The summed E-state index contributed by atoms with van der Waals surface area (Å²) in [4.78, 5) is 25.5. The van der Waals surface area contributed by atoms with Gasteiger partial charge in [0.15, 0.2) is 0 Å². The lowest BCUT2D eigenvalue weighted by Crippen LogP contribution is -2.35. The molecular weight excluding hydrogens is 288 g/mol. The average Bonchev–Trinajstić information content (AvgIpc) is 3.06. The van der Waals surface area contributed by atoms with Gasteiger partial charge in [-0.15, -0.1) is 11.3 Å². The lowest BCUT2D eigenvalue weighted by molar-refractivity contribution is -0.117. The van der Waals surface area contributed by atoms with Crippen molar-refractivity contribution >= 4 is 28.2 Å². The Labute approximate surface area is 129 Å². The second-order valence-corrected chi connectivity index (χ2v) is 6.28. The minimum atomic E-state index is -0.353. The van der Waals surface area contributed by atoms with Crippen LogP contribution in [0.3, 0.4) is 0 Å². The highest BCUT2D eigenvalue weighted by Crippen LogP contribution is 2.34. The third-order valence-electron chi connectivity index (χ3n) is 3.66. The van der Waals surface area contributed by atoms with Gasteiger partial charge in [0, 0.05) is 4.88 Å². The highest BCUT2D eigenvalue weighted by atomic mass is 32.1. The molecule has 6 heteroatoms. The fourth-order valence-electron chi connectivity index (χ4n) is 2.62. The molecule has 1 aliphatic rings. The fourth-order valence-corrected chi connectivity index (χ4v) is 3.76. The predicted octanol–water partition coefficient (Wildman–Crippen LogP) is 2.49. The van der Waals surface area contributed by atoms with E-state index in [1.807, 2.05) is 13.8 Å². The van der Waals surface area contributed by atoms with Crippen molar-refractivity contribution in [2.75, 3.05) is 18.5 Å².